The number of carbonyl (C=O) groups excluding carboxylic acids is 1. The third-order valence-electron chi connectivity index (χ3n) is 5.58. The van der Waals surface area contributed by atoms with E-state index in [9.17, 15) is 13.2 Å². The van der Waals surface area contributed by atoms with Crippen LogP contribution in [0.1, 0.15) is 22.3 Å². The van der Waals surface area contributed by atoms with Crippen LogP contribution in [0.4, 0.5) is 0 Å². The molecule has 0 aromatic heterocycles. The van der Waals surface area contributed by atoms with Crippen LogP contribution in [0.5, 0.6) is 5.75 Å². The fourth-order valence-corrected chi connectivity index (χ4v) is 6.42. The van der Waals surface area contributed by atoms with E-state index in [1.807, 2.05) is 42.5 Å². The monoisotopic (exact) mass is 477 g/mol. The lowest BCUT2D eigenvalue weighted by atomic mass is 10.0. The zero-order valence-corrected chi connectivity index (χ0v) is 19.2. The van der Waals surface area contributed by atoms with Gasteiger partial charge in [0.05, 0.1) is 28.7 Å². The first-order valence-electron chi connectivity index (χ1n) is 9.80. The van der Waals surface area contributed by atoms with Crippen molar-refractivity contribution in [1.29, 1.82) is 0 Å². The van der Waals surface area contributed by atoms with Crippen molar-refractivity contribution < 1.29 is 17.9 Å². The summed E-state index contributed by atoms with van der Waals surface area (Å²) in [6.45, 7) is 0.279. The van der Waals surface area contributed by atoms with E-state index < -0.39 is 15.9 Å². The van der Waals surface area contributed by atoms with E-state index in [2.05, 4.69) is 0 Å². The molecule has 3 aromatic rings. The first-order valence-corrected chi connectivity index (χ1v) is 12.4. The zero-order valence-electron chi connectivity index (χ0n) is 16.8. The molecule has 0 aliphatic carbocycles. The van der Waals surface area contributed by atoms with Crippen molar-refractivity contribution in [2.75, 3.05) is 18.6 Å². The molecule has 0 bridgehead atoms. The molecule has 162 valence electrons. The molecule has 1 aliphatic rings. The highest BCUT2D eigenvalue weighted by Crippen LogP contribution is 2.35. The van der Waals surface area contributed by atoms with Gasteiger partial charge in [0, 0.05) is 18.2 Å². The molecule has 5 nitrogen and oxygen atoms in total. The maximum atomic E-state index is 13.6. The number of ether oxygens (including phenoxy) is 1. The number of methoxy groups -OCH3 is 1. The first kappa shape index (κ1) is 21.9. The Morgan fingerprint density at radius 2 is 1.77 bits per heavy atom. The van der Waals surface area contributed by atoms with Gasteiger partial charge in [-0.25, -0.2) is 8.42 Å². The normalized spacial score (nSPS) is 17.6. The molecule has 1 aliphatic heterocycles. The molecule has 1 atom stereocenters. The number of amides is 1. The molecule has 1 heterocycles. The van der Waals surface area contributed by atoms with Gasteiger partial charge in [0.15, 0.2) is 15.6 Å². The van der Waals surface area contributed by atoms with Crippen molar-refractivity contribution in [3.8, 4) is 5.75 Å². The van der Waals surface area contributed by atoms with Gasteiger partial charge in [-0.3, -0.25) is 4.79 Å². The third-order valence-corrected chi connectivity index (χ3v) is 7.89. The van der Waals surface area contributed by atoms with Gasteiger partial charge >= 0.3 is 0 Å². The Hall–Kier alpha value is -2.28. The van der Waals surface area contributed by atoms with Crippen LogP contribution < -0.4 is 4.74 Å². The topological polar surface area (TPSA) is 63.7 Å². The van der Waals surface area contributed by atoms with Gasteiger partial charge in [-0.2, -0.15) is 0 Å². The SMILES string of the molecule is COc1c(Cl)cc(C(=O)N(Cc2cccc3ccccc23)[C@@H]2CCS(=O)(=O)C2)cc1Cl. The van der Waals surface area contributed by atoms with Crippen molar-refractivity contribution in [2.45, 2.75) is 19.0 Å². The van der Waals surface area contributed by atoms with Gasteiger partial charge in [0.25, 0.3) is 5.91 Å². The predicted octanol–water partition coefficient (Wildman–Crippen LogP) is 4.98. The minimum absolute atomic E-state index is 0.0544. The van der Waals surface area contributed by atoms with E-state index in [0.717, 1.165) is 16.3 Å². The average Bonchev–Trinajstić information content (AvgIpc) is 3.10. The van der Waals surface area contributed by atoms with Crippen LogP contribution in [-0.4, -0.2) is 43.9 Å². The summed E-state index contributed by atoms with van der Waals surface area (Å²) in [5.74, 6) is -0.00666. The number of rotatable bonds is 5. The summed E-state index contributed by atoms with van der Waals surface area (Å²) in [6.07, 6.45) is 0.399. The number of fused-ring (bicyclic) bond motifs is 1. The van der Waals surface area contributed by atoms with Crippen LogP contribution in [-0.2, 0) is 16.4 Å². The predicted molar refractivity (Wildman–Crippen MR) is 124 cm³/mol. The molecule has 1 fully saturated rings. The van der Waals surface area contributed by atoms with Gasteiger partial charge in [0.2, 0.25) is 0 Å². The molecule has 31 heavy (non-hydrogen) atoms. The van der Waals surface area contributed by atoms with Gasteiger partial charge in [0.1, 0.15) is 0 Å². The summed E-state index contributed by atoms with van der Waals surface area (Å²) >= 11 is 12.5. The molecular weight excluding hydrogens is 457 g/mol. The van der Waals surface area contributed by atoms with E-state index in [4.69, 9.17) is 27.9 Å². The Labute approximate surface area is 191 Å². The molecular formula is C23H21Cl2NO4S. The second-order valence-corrected chi connectivity index (χ2v) is 10.6. The fourth-order valence-electron chi connectivity index (χ4n) is 4.05. The van der Waals surface area contributed by atoms with Crippen LogP contribution in [0.3, 0.4) is 0 Å². The van der Waals surface area contributed by atoms with Crippen molar-refractivity contribution >= 4 is 49.7 Å². The Kier molecular flexibility index (Phi) is 6.15. The van der Waals surface area contributed by atoms with Crippen LogP contribution in [0.25, 0.3) is 10.8 Å². The number of halogens is 2. The minimum Gasteiger partial charge on any atom is -0.494 e. The number of benzene rings is 3. The van der Waals surface area contributed by atoms with Crippen molar-refractivity contribution in [1.82, 2.24) is 4.90 Å². The maximum absolute atomic E-state index is 13.6. The second-order valence-electron chi connectivity index (χ2n) is 7.60. The molecule has 3 aromatic carbocycles. The van der Waals surface area contributed by atoms with Crippen molar-refractivity contribution in [3.05, 3.63) is 75.8 Å². The summed E-state index contributed by atoms with van der Waals surface area (Å²) in [5.41, 5.74) is 1.24. The van der Waals surface area contributed by atoms with E-state index in [0.29, 0.717) is 17.7 Å². The molecule has 0 radical (unpaired) electrons. The van der Waals surface area contributed by atoms with Gasteiger partial charge in [-0.15, -0.1) is 0 Å². The second kappa shape index (κ2) is 8.69. The van der Waals surface area contributed by atoms with Crippen molar-refractivity contribution in [2.24, 2.45) is 0 Å². The largest absolute Gasteiger partial charge is 0.494 e. The standard InChI is InChI=1S/C23H21Cl2NO4S/c1-30-22-20(24)11-17(12-21(22)25)23(27)26(18-9-10-31(28,29)14-18)13-16-7-4-6-15-5-2-3-8-19(15)16/h2-8,11-12,18H,9-10,13-14H2,1H3/t18-/m1/s1. The molecule has 0 unspecified atom stereocenters. The quantitative estimate of drug-likeness (QED) is 0.519. The first-order chi connectivity index (χ1) is 14.8. The smallest absolute Gasteiger partial charge is 0.254 e. The van der Waals surface area contributed by atoms with Crippen LogP contribution >= 0.6 is 23.2 Å². The number of nitrogens with zero attached hydrogens (tertiary/aromatic N) is 1. The lowest BCUT2D eigenvalue weighted by molar-refractivity contribution is 0.0682. The zero-order chi connectivity index (χ0) is 22.2. The summed E-state index contributed by atoms with van der Waals surface area (Å²) in [4.78, 5) is 15.2. The Bertz CT molecular complexity index is 1230. The highest BCUT2D eigenvalue weighted by molar-refractivity contribution is 7.91. The van der Waals surface area contributed by atoms with E-state index >= 15 is 0 Å². The molecule has 4 rings (SSSR count). The summed E-state index contributed by atoms with van der Waals surface area (Å²) in [5, 5.41) is 2.53. The molecule has 0 spiro atoms. The Balaban J connectivity index is 1.75. The maximum Gasteiger partial charge on any atom is 0.254 e. The van der Waals surface area contributed by atoms with E-state index in [1.165, 1.54) is 19.2 Å². The average molecular weight is 478 g/mol. The molecule has 1 saturated heterocycles. The lowest BCUT2D eigenvalue weighted by Crippen LogP contribution is -2.40. The summed E-state index contributed by atoms with van der Waals surface area (Å²) in [7, 11) is -1.73. The van der Waals surface area contributed by atoms with Crippen LogP contribution in [0.15, 0.2) is 54.6 Å². The molecule has 8 heteroatoms. The molecule has 0 N–H and O–H groups in total. The highest BCUT2D eigenvalue weighted by Gasteiger charge is 2.35. The molecule has 1 amide bonds. The number of hydrogen-bond acceptors (Lipinski definition) is 4. The molecule has 0 saturated carbocycles. The number of sulfone groups is 1. The van der Waals surface area contributed by atoms with Gasteiger partial charge in [-0.1, -0.05) is 65.7 Å². The van der Waals surface area contributed by atoms with Gasteiger partial charge in [-0.05, 0) is 34.9 Å². The number of hydrogen-bond donors (Lipinski definition) is 0. The highest BCUT2D eigenvalue weighted by atomic mass is 35.5. The van der Waals surface area contributed by atoms with Gasteiger partial charge < -0.3 is 9.64 Å². The third kappa shape index (κ3) is 4.52. The van der Waals surface area contributed by atoms with E-state index in [-0.39, 0.29) is 34.0 Å². The van der Waals surface area contributed by atoms with Crippen molar-refractivity contribution in [3.63, 3.8) is 0 Å². The fraction of sp³-hybridized carbons (Fsp3) is 0.261. The van der Waals surface area contributed by atoms with Crippen LogP contribution in [0.2, 0.25) is 10.0 Å². The number of carbonyl (C=O) groups is 1. The summed E-state index contributed by atoms with van der Waals surface area (Å²) in [6, 6.07) is 16.4. The minimum atomic E-state index is -3.18. The Morgan fingerprint density at radius 3 is 2.42 bits per heavy atom. The summed E-state index contributed by atoms with van der Waals surface area (Å²) < 4.78 is 29.5. The van der Waals surface area contributed by atoms with Crippen LogP contribution in [0, 0.1) is 0 Å². The lowest BCUT2D eigenvalue weighted by Gasteiger charge is -2.29. The Morgan fingerprint density at radius 1 is 1.10 bits per heavy atom. The van der Waals surface area contributed by atoms with E-state index in [1.54, 1.807) is 4.90 Å².